The van der Waals surface area contributed by atoms with Crippen molar-refractivity contribution >= 4 is 43.3 Å². The second-order valence-corrected chi connectivity index (χ2v) is 9.99. The zero-order chi connectivity index (χ0) is 19.7. The number of carbonyl (C=O) groups is 2. The zero-order valence-electron chi connectivity index (χ0n) is 13.7. The molecule has 26 heavy (non-hydrogen) atoms. The summed E-state index contributed by atoms with van der Waals surface area (Å²) in [5.41, 5.74) is -0.141. The number of hydrogen-bond donors (Lipinski definition) is 1. The summed E-state index contributed by atoms with van der Waals surface area (Å²) >= 11 is 5.73. The SMILES string of the molecule is CN(C(=O)COC(=O)c1ccc(Cl)c(S(N)(=O)=O)c1)C1CCS(=O)(=O)C1. The predicted octanol–water partition coefficient (Wildman–Crippen LogP) is -0.210. The van der Waals surface area contributed by atoms with Gasteiger partial charge in [0.1, 0.15) is 4.90 Å². The lowest BCUT2D eigenvalue weighted by Gasteiger charge is -2.23. The van der Waals surface area contributed by atoms with Crippen molar-refractivity contribution in [2.45, 2.75) is 17.4 Å². The molecule has 1 aromatic rings. The highest BCUT2D eigenvalue weighted by atomic mass is 35.5. The third-order valence-electron chi connectivity index (χ3n) is 3.95. The van der Waals surface area contributed by atoms with Gasteiger partial charge in [-0.2, -0.15) is 0 Å². The summed E-state index contributed by atoms with van der Waals surface area (Å²) in [6.45, 7) is -0.612. The number of likely N-dealkylation sites (N-methyl/N-ethyl adjacent to an activating group) is 1. The molecule has 0 saturated carbocycles. The molecule has 144 valence electrons. The number of amides is 1. The van der Waals surface area contributed by atoms with Gasteiger partial charge in [-0.3, -0.25) is 4.79 Å². The maximum Gasteiger partial charge on any atom is 0.338 e. The summed E-state index contributed by atoms with van der Waals surface area (Å²) in [6, 6.07) is 2.90. The number of carbonyl (C=O) groups excluding carboxylic acids is 2. The standard InChI is InChI=1S/C14H17ClN2O7S2/c1-17(10-4-5-25(20,21)8-10)13(18)7-24-14(19)9-2-3-11(15)12(6-9)26(16,22)23/h2-3,6,10H,4-5,7-8H2,1H3,(H2,16,22,23). The number of ether oxygens (including phenoxy) is 1. The molecule has 0 radical (unpaired) electrons. The average Bonchev–Trinajstić information content (AvgIpc) is 2.90. The van der Waals surface area contributed by atoms with E-state index in [4.69, 9.17) is 21.5 Å². The number of benzene rings is 1. The van der Waals surface area contributed by atoms with E-state index < -0.39 is 49.3 Å². The minimum absolute atomic E-state index is 0.0101. The van der Waals surface area contributed by atoms with Gasteiger partial charge in [0.2, 0.25) is 10.0 Å². The van der Waals surface area contributed by atoms with Crippen molar-refractivity contribution in [2.24, 2.45) is 5.14 Å². The van der Waals surface area contributed by atoms with Crippen LogP contribution in [-0.4, -0.2) is 64.8 Å². The van der Waals surface area contributed by atoms with Crippen molar-refractivity contribution in [3.8, 4) is 0 Å². The fourth-order valence-corrected chi connectivity index (χ4v) is 5.29. The minimum Gasteiger partial charge on any atom is -0.452 e. The molecule has 1 heterocycles. The summed E-state index contributed by atoms with van der Waals surface area (Å²) in [7, 11) is -5.85. The van der Waals surface area contributed by atoms with Gasteiger partial charge in [0, 0.05) is 13.1 Å². The van der Waals surface area contributed by atoms with E-state index in [2.05, 4.69) is 0 Å². The molecule has 1 fully saturated rings. The monoisotopic (exact) mass is 424 g/mol. The molecule has 1 aliphatic rings. The Bertz CT molecular complexity index is 944. The Kier molecular flexibility index (Phi) is 5.95. The maximum absolute atomic E-state index is 12.1. The highest BCUT2D eigenvalue weighted by Gasteiger charge is 2.33. The molecule has 2 rings (SSSR count). The number of nitrogens with zero attached hydrogens (tertiary/aromatic N) is 1. The number of rotatable bonds is 5. The van der Waals surface area contributed by atoms with Crippen LogP contribution in [0.25, 0.3) is 0 Å². The van der Waals surface area contributed by atoms with Gasteiger partial charge in [-0.1, -0.05) is 11.6 Å². The molecule has 0 spiro atoms. The highest BCUT2D eigenvalue weighted by Crippen LogP contribution is 2.22. The molecule has 1 saturated heterocycles. The molecule has 12 heteroatoms. The Morgan fingerprint density at radius 3 is 2.58 bits per heavy atom. The van der Waals surface area contributed by atoms with E-state index in [1.165, 1.54) is 24.1 Å². The second-order valence-electron chi connectivity index (χ2n) is 5.83. The van der Waals surface area contributed by atoms with Crippen molar-refractivity contribution in [3.05, 3.63) is 28.8 Å². The fraction of sp³-hybridized carbons (Fsp3) is 0.429. The van der Waals surface area contributed by atoms with Gasteiger partial charge in [-0.25, -0.2) is 26.8 Å². The first-order chi connectivity index (χ1) is 11.9. The molecule has 1 aromatic carbocycles. The second kappa shape index (κ2) is 7.51. The summed E-state index contributed by atoms with van der Waals surface area (Å²) in [5, 5.41) is 4.86. The van der Waals surface area contributed by atoms with Crippen LogP contribution >= 0.6 is 11.6 Å². The van der Waals surface area contributed by atoms with E-state index in [1.807, 2.05) is 0 Å². The van der Waals surface area contributed by atoms with Gasteiger partial charge in [0.05, 0.1) is 22.1 Å². The van der Waals surface area contributed by atoms with Crippen LogP contribution in [0.1, 0.15) is 16.8 Å². The van der Waals surface area contributed by atoms with E-state index in [0.29, 0.717) is 6.42 Å². The van der Waals surface area contributed by atoms with Crippen LogP contribution < -0.4 is 5.14 Å². The molecule has 9 nitrogen and oxygen atoms in total. The quantitative estimate of drug-likeness (QED) is 0.644. The van der Waals surface area contributed by atoms with Crippen LogP contribution in [0.5, 0.6) is 0 Å². The van der Waals surface area contributed by atoms with Gasteiger partial charge in [-0.05, 0) is 24.6 Å². The zero-order valence-corrected chi connectivity index (χ0v) is 16.1. The van der Waals surface area contributed by atoms with Gasteiger partial charge in [-0.15, -0.1) is 0 Å². The van der Waals surface area contributed by atoms with E-state index in [0.717, 1.165) is 6.07 Å². The topological polar surface area (TPSA) is 141 Å². The van der Waals surface area contributed by atoms with E-state index in [1.54, 1.807) is 0 Å². The number of sulfonamides is 1. The molecular weight excluding hydrogens is 408 g/mol. The first-order valence-corrected chi connectivity index (χ1v) is 11.1. The molecular formula is C14H17ClN2O7S2. The molecule has 2 N–H and O–H groups in total. The first-order valence-electron chi connectivity index (χ1n) is 7.36. The molecule has 1 unspecified atom stereocenters. The molecule has 0 bridgehead atoms. The van der Waals surface area contributed by atoms with Gasteiger partial charge in [0.25, 0.3) is 5.91 Å². The Balaban J connectivity index is 2.01. The van der Waals surface area contributed by atoms with Gasteiger partial charge >= 0.3 is 5.97 Å². The normalized spacial score (nSPS) is 19.1. The van der Waals surface area contributed by atoms with Gasteiger partial charge < -0.3 is 9.64 Å². The van der Waals surface area contributed by atoms with Crippen molar-refractivity contribution in [1.82, 2.24) is 4.90 Å². The molecule has 1 aliphatic heterocycles. The van der Waals surface area contributed by atoms with Crippen LogP contribution in [0.3, 0.4) is 0 Å². The summed E-state index contributed by atoms with van der Waals surface area (Å²) in [4.78, 5) is 24.9. The number of nitrogens with two attached hydrogens (primary N) is 1. The lowest BCUT2D eigenvalue weighted by molar-refractivity contribution is -0.134. The summed E-state index contributed by atoms with van der Waals surface area (Å²) in [5.74, 6) is -1.62. The first kappa shape index (κ1) is 20.6. The fourth-order valence-electron chi connectivity index (χ4n) is 2.45. The molecule has 0 aliphatic carbocycles. The maximum atomic E-state index is 12.1. The van der Waals surface area contributed by atoms with Gasteiger partial charge in [0.15, 0.2) is 16.4 Å². The number of halogens is 1. The third kappa shape index (κ3) is 4.93. The number of primary sulfonamides is 1. The largest absolute Gasteiger partial charge is 0.452 e. The van der Waals surface area contributed by atoms with Crippen molar-refractivity contribution in [3.63, 3.8) is 0 Å². The third-order valence-corrected chi connectivity index (χ3v) is 7.09. The van der Waals surface area contributed by atoms with Crippen molar-refractivity contribution < 1.29 is 31.2 Å². The lowest BCUT2D eigenvalue weighted by atomic mass is 10.2. The van der Waals surface area contributed by atoms with Crippen LogP contribution in [0, 0.1) is 0 Å². The Labute approximate surface area is 156 Å². The van der Waals surface area contributed by atoms with Crippen LogP contribution in [-0.2, 0) is 29.4 Å². The Morgan fingerprint density at radius 1 is 1.38 bits per heavy atom. The Hall–Kier alpha value is -1.69. The average molecular weight is 425 g/mol. The summed E-state index contributed by atoms with van der Waals surface area (Å²) < 4.78 is 50.6. The van der Waals surface area contributed by atoms with E-state index >= 15 is 0 Å². The minimum atomic E-state index is -4.13. The number of sulfone groups is 1. The predicted molar refractivity (Wildman–Crippen MR) is 92.9 cm³/mol. The van der Waals surface area contributed by atoms with Crippen LogP contribution in [0.2, 0.25) is 5.02 Å². The highest BCUT2D eigenvalue weighted by molar-refractivity contribution is 7.91. The smallest absolute Gasteiger partial charge is 0.338 e. The van der Waals surface area contributed by atoms with Crippen molar-refractivity contribution in [2.75, 3.05) is 25.2 Å². The van der Waals surface area contributed by atoms with Crippen molar-refractivity contribution in [1.29, 1.82) is 0 Å². The molecule has 1 atom stereocenters. The number of hydrogen-bond acceptors (Lipinski definition) is 7. The molecule has 0 aromatic heterocycles. The molecule has 1 amide bonds. The van der Waals surface area contributed by atoms with E-state index in [9.17, 15) is 26.4 Å². The Morgan fingerprint density at radius 2 is 2.04 bits per heavy atom. The van der Waals surface area contributed by atoms with Crippen LogP contribution in [0.4, 0.5) is 0 Å². The summed E-state index contributed by atoms with van der Waals surface area (Å²) in [6.07, 6.45) is 0.327. The lowest BCUT2D eigenvalue weighted by Crippen LogP contribution is -2.40. The van der Waals surface area contributed by atoms with Crippen LogP contribution in [0.15, 0.2) is 23.1 Å². The van der Waals surface area contributed by atoms with E-state index in [-0.39, 0.29) is 22.1 Å². The number of esters is 1.